The van der Waals surface area contributed by atoms with Crippen molar-refractivity contribution in [3.8, 4) is 0 Å². The first-order valence-electron chi connectivity index (χ1n) is 8.10. The van der Waals surface area contributed by atoms with Crippen LogP contribution in [0.1, 0.15) is 59.9 Å². The molecule has 0 amide bonds. The first kappa shape index (κ1) is 18.7. The highest BCUT2D eigenvalue weighted by molar-refractivity contribution is 5.72. The highest BCUT2D eigenvalue weighted by Gasteiger charge is 2.27. The molecule has 1 unspecified atom stereocenters. The number of benzene rings is 1. The minimum absolute atomic E-state index is 0.0547. The molecule has 1 aromatic carbocycles. The van der Waals surface area contributed by atoms with Gasteiger partial charge in [0.2, 0.25) is 0 Å². The monoisotopic (exact) mass is 306 g/mol. The van der Waals surface area contributed by atoms with Crippen LogP contribution in [0.3, 0.4) is 0 Å². The molecule has 1 aromatic rings. The molecule has 0 aromatic heterocycles. The lowest BCUT2D eigenvalue weighted by Crippen LogP contribution is -2.33. The molecular formula is C19H30O3. The van der Waals surface area contributed by atoms with Crippen molar-refractivity contribution in [2.75, 3.05) is 6.61 Å². The van der Waals surface area contributed by atoms with Crippen LogP contribution in [0.5, 0.6) is 0 Å². The van der Waals surface area contributed by atoms with Crippen molar-refractivity contribution in [2.45, 2.75) is 65.6 Å². The molecule has 0 N–H and O–H groups in total. The Morgan fingerprint density at radius 3 is 2.27 bits per heavy atom. The topological polar surface area (TPSA) is 35.5 Å². The van der Waals surface area contributed by atoms with Crippen LogP contribution in [-0.2, 0) is 19.9 Å². The lowest BCUT2D eigenvalue weighted by molar-refractivity contribution is -0.163. The average Bonchev–Trinajstić information content (AvgIpc) is 2.46. The van der Waals surface area contributed by atoms with Crippen LogP contribution in [0.2, 0.25) is 0 Å². The van der Waals surface area contributed by atoms with Gasteiger partial charge in [0.05, 0.1) is 18.1 Å². The first-order valence-corrected chi connectivity index (χ1v) is 8.10. The Balaban J connectivity index is 2.50. The highest BCUT2D eigenvalue weighted by atomic mass is 16.6. The number of esters is 1. The van der Waals surface area contributed by atoms with Crippen molar-refractivity contribution in [1.82, 2.24) is 0 Å². The molecule has 0 aliphatic rings. The van der Waals surface area contributed by atoms with E-state index in [1.54, 1.807) is 0 Å². The van der Waals surface area contributed by atoms with Crippen LogP contribution in [0.15, 0.2) is 30.3 Å². The largest absolute Gasteiger partial charge is 0.459 e. The average molecular weight is 306 g/mol. The van der Waals surface area contributed by atoms with E-state index in [9.17, 15) is 4.79 Å². The Hall–Kier alpha value is -1.35. The van der Waals surface area contributed by atoms with Gasteiger partial charge in [-0.05, 0) is 39.7 Å². The molecule has 0 fully saturated rings. The standard InChI is InChI=1S/C19H30O3/c1-7-15(2)17(20)22-18(3,4)13-14-21-19(5,6)16-11-9-8-10-12-16/h8-12,15H,7,13-14H2,1-6H3. The van der Waals surface area contributed by atoms with Crippen molar-refractivity contribution >= 4 is 5.97 Å². The lowest BCUT2D eigenvalue weighted by atomic mass is 9.98. The lowest BCUT2D eigenvalue weighted by Gasteiger charge is -2.30. The van der Waals surface area contributed by atoms with Gasteiger partial charge < -0.3 is 9.47 Å². The summed E-state index contributed by atoms with van der Waals surface area (Å²) < 4.78 is 11.6. The summed E-state index contributed by atoms with van der Waals surface area (Å²) >= 11 is 0. The summed E-state index contributed by atoms with van der Waals surface area (Å²) in [6.07, 6.45) is 1.47. The molecule has 0 radical (unpaired) electrons. The Morgan fingerprint density at radius 1 is 1.14 bits per heavy atom. The number of hydrogen-bond acceptors (Lipinski definition) is 3. The van der Waals surface area contributed by atoms with Crippen molar-refractivity contribution in [1.29, 1.82) is 0 Å². The van der Waals surface area contributed by atoms with Crippen molar-refractivity contribution in [3.63, 3.8) is 0 Å². The Labute approximate surface area is 135 Å². The maximum absolute atomic E-state index is 11.9. The summed E-state index contributed by atoms with van der Waals surface area (Å²) in [6.45, 7) is 12.4. The van der Waals surface area contributed by atoms with Crippen LogP contribution in [0.25, 0.3) is 0 Å². The van der Waals surface area contributed by atoms with E-state index < -0.39 is 5.60 Å². The molecule has 124 valence electrons. The van der Waals surface area contributed by atoms with Gasteiger partial charge in [-0.3, -0.25) is 4.79 Å². The summed E-state index contributed by atoms with van der Waals surface area (Å²) in [5.74, 6) is -0.184. The second-order valence-corrected chi connectivity index (χ2v) is 6.96. The number of rotatable bonds is 8. The van der Waals surface area contributed by atoms with Gasteiger partial charge in [-0.15, -0.1) is 0 Å². The summed E-state index contributed by atoms with van der Waals surface area (Å²) in [5, 5.41) is 0. The molecule has 0 heterocycles. The zero-order valence-electron chi connectivity index (χ0n) is 14.8. The van der Waals surface area contributed by atoms with E-state index >= 15 is 0 Å². The molecule has 1 rings (SSSR count). The minimum Gasteiger partial charge on any atom is -0.459 e. The molecule has 0 saturated heterocycles. The smallest absolute Gasteiger partial charge is 0.309 e. The quantitative estimate of drug-likeness (QED) is 0.653. The molecule has 0 aliphatic carbocycles. The van der Waals surface area contributed by atoms with Crippen molar-refractivity contribution in [3.05, 3.63) is 35.9 Å². The van der Waals surface area contributed by atoms with Crippen molar-refractivity contribution in [2.24, 2.45) is 5.92 Å². The molecule has 0 saturated carbocycles. The van der Waals surface area contributed by atoms with E-state index in [2.05, 4.69) is 26.0 Å². The van der Waals surface area contributed by atoms with Gasteiger partial charge in [-0.1, -0.05) is 44.2 Å². The zero-order chi connectivity index (χ0) is 16.8. The van der Waals surface area contributed by atoms with E-state index in [1.165, 1.54) is 0 Å². The van der Waals surface area contributed by atoms with Crippen molar-refractivity contribution < 1.29 is 14.3 Å². The van der Waals surface area contributed by atoms with Crippen LogP contribution in [-0.4, -0.2) is 18.2 Å². The maximum atomic E-state index is 11.9. The van der Waals surface area contributed by atoms with Crippen LogP contribution in [0.4, 0.5) is 0 Å². The highest BCUT2D eigenvalue weighted by Crippen LogP contribution is 2.26. The molecule has 22 heavy (non-hydrogen) atoms. The third-order valence-corrected chi connectivity index (χ3v) is 4.03. The predicted molar refractivity (Wildman–Crippen MR) is 89.7 cm³/mol. The van der Waals surface area contributed by atoms with Gasteiger partial charge in [0.15, 0.2) is 0 Å². The molecule has 0 spiro atoms. The normalized spacial score (nSPS) is 13.7. The van der Waals surface area contributed by atoms with Crippen LogP contribution >= 0.6 is 0 Å². The third kappa shape index (κ3) is 5.80. The van der Waals surface area contributed by atoms with Gasteiger partial charge >= 0.3 is 5.97 Å². The molecule has 3 nitrogen and oxygen atoms in total. The Bertz CT molecular complexity index is 463. The Kier molecular flexibility index (Phi) is 6.61. The van der Waals surface area contributed by atoms with Gasteiger partial charge in [0.25, 0.3) is 0 Å². The molecule has 1 atom stereocenters. The molecular weight excluding hydrogens is 276 g/mol. The minimum atomic E-state index is -0.507. The second-order valence-electron chi connectivity index (χ2n) is 6.96. The Morgan fingerprint density at radius 2 is 1.73 bits per heavy atom. The van der Waals surface area contributed by atoms with Crippen LogP contribution < -0.4 is 0 Å². The number of ether oxygens (including phenoxy) is 2. The van der Waals surface area contributed by atoms with Crippen LogP contribution in [0, 0.1) is 5.92 Å². The third-order valence-electron chi connectivity index (χ3n) is 4.03. The number of carbonyl (C=O) groups is 1. The van der Waals surface area contributed by atoms with E-state index in [-0.39, 0.29) is 17.5 Å². The molecule has 0 bridgehead atoms. The fraction of sp³-hybridized carbons (Fsp3) is 0.632. The van der Waals surface area contributed by atoms with E-state index in [0.717, 1.165) is 12.0 Å². The summed E-state index contributed by atoms with van der Waals surface area (Å²) in [4.78, 5) is 11.9. The fourth-order valence-corrected chi connectivity index (χ4v) is 2.07. The fourth-order valence-electron chi connectivity index (χ4n) is 2.07. The van der Waals surface area contributed by atoms with E-state index in [4.69, 9.17) is 9.47 Å². The van der Waals surface area contributed by atoms with E-state index in [0.29, 0.717) is 13.0 Å². The predicted octanol–water partition coefficient (Wildman–Crippen LogP) is 4.70. The summed E-state index contributed by atoms with van der Waals surface area (Å²) in [7, 11) is 0. The zero-order valence-corrected chi connectivity index (χ0v) is 14.8. The second kappa shape index (κ2) is 7.77. The SMILES string of the molecule is CCC(C)C(=O)OC(C)(C)CCOC(C)(C)c1ccccc1. The molecule has 3 heteroatoms. The van der Waals surface area contributed by atoms with Gasteiger partial charge in [-0.25, -0.2) is 0 Å². The maximum Gasteiger partial charge on any atom is 0.309 e. The molecule has 0 aliphatic heterocycles. The van der Waals surface area contributed by atoms with E-state index in [1.807, 2.05) is 45.9 Å². The van der Waals surface area contributed by atoms with Gasteiger partial charge in [0, 0.05) is 6.42 Å². The van der Waals surface area contributed by atoms with Gasteiger partial charge in [0.1, 0.15) is 5.60 Å². The summed E-state index contributed by atoms with van der Waals surface area (Å²) in [6, 6.07) is 10.1. The summed E-state index contributed by atoms with van der Waals surface area (Å²) in [5.41, 5.74) is 0.287. The van der Waals surface area contributed by atoms with Gasteiger partial charge in [-0.2, -0.15) is 0 Å². The number of hydrogen-bond donors (Lipinski definition) is 0. The first-order chi connectivity index (χ1) is 10.2. The number of carbonyl (C=O) groups excluding carboxylic acids is 1.